The van der Waals surface area contributed by atoms with Crippen molar-refractivity contribution in [1.82, 2.24) is 0 Å². The van der Waals surface area contributed by atoms with Gasteiger partial charge < -0.3 is 4.90 Å². The van der Waals surface area contributed by atoms with Crippen LogP contribution in [0.4, 0.5) is 5.69 Å². The first-order valence-corrected chi connectivity index (χ1v) is 6.89. The van der Waals surface area contributed by atoms with Crippen molar-refractivity contribution in [2.75, 3.05) is 4.90 Å². The van der Waals surface area contributed by atoms with E-state index in [0.717, 1.165) is 0 Å². The fourth-order valence-electron chi connectivity index (χ4n) is 2.95. The van der Waals surface area contributed by atoms with E-state index in [9.17, 15) is 0 Å². The molecule has 0 saturated carbocycles. The third-order valence-corrected chi connectivity index (χ3v) is 3.96. The van der Waals surface area contributed by atoms with E-state index in [4.69, 9.17) is 0 Å². The van der Waals surface area contributed by atoms with Gasteiger partial charge in [-0.3, -0.25) is 0 Å². The predicted octanol–water partition coefficient (Wildman–Crippen LogP) is 2.84. The Morgan fingerprint density at radius 1 is 0.900 bits per heavy atom. The van der Waals surface area contributed by atoms with E-state index < -0.39 is 0 Å². The summed E-state index contributed by atoms with van der Waals surface area (Å²) in [6, 6.07) is 15.1. The van der Waals surface area contributed by atoms with E-state index in [-0.39, 0.29) is 0 Å². The van der Waals surface area contributed by atoms with E-state index >= 15 is 0 Å². The van der Waals surface area contributed by atoms with Crippen molar-refractivity contribution in [3.05, 3.63) is 88.5 Å². The van der Waals surface area contributed by atoms with Gasteiger partial charge in [0.05, 0.1) is 11.4 Å². The maximum absolute atomic E-state index is 2.30. The molecule has 4 rings (SSSR count). The molecule has 0 atom stereocenters. The summed E-state index contributed by atoms with van der Waals surface area (Å²) < 4.78 is 0. The molecule has 0 spiro atoms. The largest absolute Gasteiger partial charge is 0.316 e. The van der Waals surface area contributed by atoms with E-state index in [1.54, 1.807) is 0 Å². The quantitative estimate of drug-likeness (QED) is 0.701. The zero-order valence-electron chi connectivity index (χ0n) is 11.4. The Balaban J connectivity index is 2.20. The lowest BCUT2D eigenvalue weighted by molar-refractivity contribution is 1.26. The number of hydrogen-bond donors (Lipinski definition) is 0. The summed E-state index contributed by atoms with van der Waals surface area (Å²) in [7, 11) is 0. The Morgan fingerprint density at radius 2 is 1.80 bits per heavy atom. The molecule has 2 aromatic rings. The highest BCUT2D eigenvalue weighted by Gasteiger charge is 2.17. The second-order valence-corrected chi connectivity index (χ2v) is 5.20. The SMILES string of the molecule is Cc1cccc2c1C=c1ccccc1=C1C=CC=CN12. The minimum Gasteiger partial charge on any atom is -0.316 e. The molecular weight excluding hydrogens is 242 g/mol. The Bertz CT molecular complexity index is 869. The predicted molar refractivity (Wildman–Crippen MR) is 84.6 cm³/mol. The number of fused-ring (bicyclic) bond motifs is 4. The molecule has 0 saturated heterocycles. The lowest BCUT2D eigenvalue weighted by atomic mass is 10.0. The maximum atomic E-state index is 2.30. The van der Waals surface area contributed by atoms with E-state index in [0.29, 0.717) is 0 Å². The molecule has 0 unspecified atom stereocenters. The standard InChI is InChI=1S/C19H15N/c1-14-7-6-11-19-17(14)13-15-8-2-3-9-16(15)18-10-4-5-12-20(18)19/h2-13H,1H3. The van der Waals surface area contributed by atoms with Crippen molar-refractivity contribution in [3.8, 4) is 0 Å². The van der Waals surface area contributed by atoms with Gasteiger partial charge >= 0.3 is 0 Å². The van der Waals surface area contributed by atoms with Gasteiger partial charge in [-0.2, -0.15) is 0 Å². The second-order valence-electron chi connectivity index (χ2n) is 5.20. The Labute approximate surface area is 118 Å². The van der Waals surface area contributed by atoms with Crippen LogP contribution in [0.3, 0.4) is 0 Å². The summed E-state index contributed by atoms with van der Waals surface area (Å²) >= 11 is 0. The van der Waals surface area contributed by atoms with Crippen LogP contribution in [-0.4, -0.2) is 0 Å². The molecule has 2 aliphatic heterocycles. The average molecular weight is 257 g/mol. The number of nitrogens with zero attached hydrogens (tertiary/aromatic N) is 1. The van der Waals surface area contributed by atoms with Crippen LogP contribution < -0.4 is 15.3 Å². The Hall–Kier alpha value is -2.54. The van der Waals surface area contributed by atoms with Crippen molar-refractivity contribution in [1.29, 1.82) is 0 Å². The molecule has 1 nitrogen and oxygen atoms in total. The molecule has 0 bridgehead atoms. The third-order valence-electron chi connectivity index (χ3n) is 3.96. The monoisotopic (exact) mass is 257 g/mol. The van der Waals surface area contributed by atoms with Crippen LogP contribution in [0.2, 0.25) is 0 Å². The van der Waals surface area contributed by atoms with Crippen molar-refractivity contribution in [2.45, 2.75) is 6.92 Å². The van der Waals surface area contributed by atoms with Crippen LogP contribution in [0, 0.1) is 6.92 Å². The van der Waals surface area contributed by atoms with E-state index in [2.05, 4.69) is 84.8 Å². The summed E-state index contributed by atoms with van der Waals surface area (Å²) in [5.41, 5.74) is 5.09. The van der Waals surface area contributed by atoms with Gasteiger partial charge in [-0.25, -0.2) is 0 Å². The van der Waals surface area contributed by atoms with Crippen LogP contribution in [0.1, 0.15) is 11.1 Å². The Morgan fingerprint density at radius 3 is 2.75 bits per heavy atom. The molecule has 0 N–H and O–H groups in total. The Kier molecular flexibility index (Phi) is 2.40. The number of aryl methyl sites for hydroxylation is 1. The zero-order chi connectivity index (χ0) is 13.5. The molecule has 0 aromatic heterocycles. The van der Waals surface area contributed by atoms with E-state index in [1.807, 2.05) is 0 Å². The first-order chi connectivity index (χ1) is 9.84. The zero-order valence-corrected chi connectivity index (χ0v) is 11.4. The first-order valence-electron chi connectivity index (χ1n) is 6.89. The number of benzene rings is 2. The fraction of sp³-hybridized carbons (Fsp3) is 0.0526. The summed E-state index contributed by atoms with van der Waals surface area (Å²) in [5, 5.41) is 2.56. The van der Waals surface area contributed by atoms with Gasteiger partial charge in [0.2, 0.25) is 0 Å². The molecule has 0 amide bonds. The molecule has 2 heterocycles. The number of rotatable bonds is 0. The number of allylic oxidation sites excluding steroid dienone is 2. The normalized spacial score (nSPS) is 15.1. The lowest BCUT2D eigenvalue weighted by Crippen LogP contribution is -2.30. The van der Waals surface area contributed by atoms with Gasteiger partial charge in [-0.1, -0.05) is 42.5 Å². The van der Waals surface area contributed by atoms with Crippen molar-refractivity contribution >= 4 is 17.5 Å². The summed E-state index contributed by atoms with van der Waals surface area (Å²) in [6.07, 6.45) is 10.8. The molecule has 96 valence electrons. The second kappa shape index (κ2) is 4.24. The maximum Gasteiger partial charge on any atom is 0.0534 e. The number of anilines is 1. The molecular formula is C19H15N. The summed E-state index contributed by atoms with van der Waals surface area (Å²) in [5.74, 6) is 0. The summed E-state index contributed by atoms with van der Waals surface area (Å²) in [4.78, 5) is 2.28. The number of hydrogen-bond acceptors (Lipinski definition) is 1. The third kappa shape index (κ3) is 1.56. The fourth-order valence-corrected chi connectivity index (χ4v) is 2.95. The topological polar surface area (TPSA) is 3.24 Å². The van der Waals surface area contributed by atoms with Crippen LogP contribution >= 0.6 is 0 Å². The van der Waals surface area contributed by atoms with Crippen LogP contribution in [0.15, 0.2) is 66.9 Å². The van der Waals surface area contributed by atoms with Crippen LogP contribution in [0.25, 0.3) is 11.8 Å². The molecule has 0 radical (unpaired) electrons. The molecule has 0 fully saturated rings. The van der Waals surface area contributed by atoms with Gasteiger partial charge in [0.1, 0.15) is 0 Å². The van der Waals surface area contributed by atoms with Crippen LogP contribution in [-0.2, 0) is 0 Å². The van der Waals surface area contributed by atoms with Gasteiger partial charge in [0.15, 0.2) is 0 Å². The minimum absolute atomic E-state index is 1.24. The highest BCUT2D eigenvalue weighted by Crippen LogP contribution is 2.30. The first kappa shape index (κ1) is 11.3. The van der Waals surface area contributed by atoms with Crippen molar-refractivity contribution in [2.24, 2.45) is 0 Å². The molecule has 20 heavy (non-hydrogen) atoms. The molecule has 0 aliphatic carbocycles. The van der Waals surface area contributed by atoms with E-state index in [1.165, 1.54) is 32.9 Å². The van der Waals surface area contributed by atoms with Crippen molar-refractivity contribution in [3.63, 3.8) is 0 Å². The lowest BCUT2D eigenvalue weighted by Gasteiger charge is -2.25. The van der Waals surface area contributed by atoms with Crippen molar-refractivity contribution < 1.29 is 0 Å². The molecule has 2 aliphatic rings. The molecule has 1 heteroatoms. The average Bonchev–Trinajstić information content (AvgIpc) is 2.64. The van der Waals surface area contributed by atoms with Gasteiger partial charge in [0.25, 0.3) is 0 Å². The minimum atomic E-state index is 1.24. The van der Waals surface area contributed by atoms with Gasteiger partial charge in [-0.15, -0.1) is 0 Å². The summed E-state index contributed by atoms with van der Waals surface area (Å²) in [6.45, 7) is 2.17. The smallest absolute Gasteiger partial charge is 0.0534 e. The highest BCUT2D eigenvalue weighted by atomic mass is 15.1. The van der Waals surface area contributed by atoms with Gasteiger partial charge in [0, 0.05) is 17.0 Å². The van der Waals surface area contributed by atoms with Gasteiger partial charge in [-0.05, 0) is 42.0 Å². The molecule has 2 aromatic carbocycles. The van der Waals surface area contributed by atoms with Crippen LogP contribution in [0.5, 0.6) is 0 Å². The highest BCUT2D eigenvalue weighted by molar-refractivity contribution is 5.86.